The van der Waals surface area contributed by atoms with Gasteiger partial charge in [-0.1, -0.05) is 69.3 Å². The van der Waals surface area contributed by atoms with Crippen molar-refractivity contribution in [1.29, 1.82) is 0 Å². The van der Waals surface area contributed by atoms with Gasteiger partial charge < -0.3 is 9.64 Å². The van der Waals surface area contributed by atoms with E-state index in [1.54, 1.807) is 0 Å². The summed E-state index contributed by atoms with van der Waals surface area (Å²) < 4.78 is 5.78. The van der Waals surface area contributed by atoms with Crippen LogP contribution < -0.4 is 4.90 Å². The van der Waals surface area contributed by atoms with Crippen molar-refractivity contribution in [2.24, 2.45) is 5.92 Å². The van der Waals surface area contributed by atoms with Gasteiger partial charge in [0.2, 0.25) is 5.91 Å². The summed E-state index contributed by atoms with van der Waals surface area (Å²) >= 11 is 0. The molecule has 3 atom stereocenters. The van der Waals surface area contributed by atoms with Crippen molar-refractivity contribution in [3.8, 4) is 0 Å². The summed E-state index contributed by atoms with van der Waals surface area (Å²) in [6, 6.07) is 20.1. The maximum absolute atomic E-state index is 12.8. The third kappa shape index (κ3) is 5.95. The zero-order valence-electron chi connectivity index (χ0n) is 18.9. The first-order valence-electron chi connectivity index (χ1n) is 11.4. The van der Waals surface area contributed by atoms with Crippen LogP contribution >= 0.6 is 0 Å². The Morgan fingerprint density at radius 2 is 1.68 bits per heavy atom. The van der Waals surface area contributed by atoms with Crippen LogP contribution in [0, 0.1) is 5.92 Å². The summed E-state index contributed by atoms with van der Waals surface area (Å²) in [7, 11) is 0. The number of anilines is 1. The summed E-state index contributed by atoms with van der Waals surface area (Å²) in [6.45, 7) is 8.34. The van der Waals surface area contributed by atoms with E-state index in [-0.39, 0.29) is 24.0 Å². The van der Waals surface area contributed by atoms with Gasteiger partial charge in [0.05, 0.1) is 0 Å². The third-order valence-corrected chi connectivity index (χ3v) is 6.04. The molecule has 1 aliphatic heterocycles. The zero-order valence-corrected chi connectivity index (χ0v) is 18.9. The summed E-state index contributed by atoms with van der Waals surface area (Å²) in [5.74, 6) is 0.291. The largest absolute Gasteiger partial charge is 0.456 e. The molecule has 0 aromatic heterocycles. The van der Waals surface area contributed by atoms with E-state index in [1.165, 1.54) is 0 Å². The van der Waals surface area contributed by atoms with Crippen LogP contribution in [-0.2, 0) is 14.3 Å². The fourth-order valence-corrected chi connectivity index (χ4v) is 4.40. The van der Waals surface area contributed by atoms with Crippen LogP contribution in [-0.4, -0.2) is 42.5 Å². The summed E-state index contributed by atoms with van der Waals surface area (Å²) in [5, 5.41) is 0. The number of amides is 1. The van der Waals surface area contributed by atoms with Crippen LogP contribution in [0.5, 0.6) is 0 Å². The van der Waals surface area contributed by atoms with Crippen molar-refractivity contribution in [2.45, 2.75) is 52.2 Å². The Labute approximate surface area is 186 Å². The number of esters is 1. The fourth-order valence-electron chi connectivity index (χ4n) is 4.40. The van der Waals surface area contributed by atoms with Gasteiger partial charge in [-0.25, -0.2) is 0 Å². The Bertz CT molecular complexity index is 840. The highest BCUT2D eigenvalue weighted by molar-refractivity contribution is 5.93. The maximum Gasteiger partial charge on any atom is 0.306 e. The minimum Gasteiger partial charge on any atom is -0.456 e. The highest BCUT2D eigenvalue weighted by atomic mass is 16.5. The van der Waals surface area contributed by atoms with E-state index in [9.17, 15) is 9.59 Å². The molecule has 31 heavy (non-hydrogen) atoms. The Hall–Kier alpha value is -2.66. The van der Waals surface area contributed by atoms with Gasteiger partial charge in [0, 0.05) is 44.2 Å². The van der Waals surface area contributed by atoms with Gasteiger partial charge in [-0.05, 0) is 30.0 Å². The Morgan fingerprint density at radius 3 is 2.26 bits per heavy atom. The molecule has 1 amide bonds. The quantitative estimate of drug-likeness (QED) is 0.572. The number of para-hydroxylation sites is 1. The molecule has 1 saturated heterocycles. The molecule has 0 radical (unpaired) electrons. The fraction of sp³-hybridized carbons (Fsp3) is 0.462. The van der Waals surface area contributed by atoms with E-state index < -0.39 is 0 Å². The number of likely N-dealkylation sites (tertiary alicyclic amines) is 1. The van der Waals surface area contributed by atoms with Gasteiger partial charge in [0.15, 0.2) is 0 Å². The van der Waals surface area contributed by atoms with E-state index in [0.29, 0.717) is 25.3 Å². The lowest BCUT2D eigenvalue weighted by molar-refractivity contribution is -0.150. The van der Waals surface area contributed by atoms with Gasteiger partial charge in [-0.2, -0.15) is 0 Å². The van der Waals surface area contributed by atoms with Crippen molar-refractivity contribution in [3.05, 3.63) is 66.2 Å². The van der Waals surface area contributed by atoms with Crippen LogP contribution in [0.15, 0.2) is 60.7 Å². The van der Waals surface area contributed by atoms with Crippen molar-refractivity contribution >= 4 is 17.6 Å². The average Bonchev–Trinajstić information content (AvgIpc) is 2.81. The van der Waals surface area contributed by atoms with E-state index in [4.69, 9.17) is 4.74 Å². The topological polar surface area (TPSA) is 49.9 Å². The van der Waals surface area contributed by atoms with Crippen molar-refractivity contribution in [3.63, 3.8) is 0 Å². The van der Waals surface area contributed by atoms with Crippen LogP contribution in [0.1, 0.15) is 51.7 Å². The molecule has 2 aromatic carbocycles. The molecule has 1 aliphatic rings. The van der Waals surface area contributed by atoms with Gasteiger partial charge in [0.1, 0.15) is 6.10 Å². The third-order valence-electron chi connectivity index (χ3n) is 6.04. The number of ether oxygens (including phenoxy) is 1. The van der Waals surface area contributed by atoms with Crippen LogP contribution in [0.25, 0.3) is 0 Å². The minimum atomic E-state index is -0.278. The second kappa shape index (κ2) is 11.1. The van der Waals surface area contributed by atoms with E-state index in [1.807, 2.05) is 79.4 Å². The van der Waals surface area contributed by atoms with Gasteiger partial charge >= 0.3 is 5.97 Å². The number of rotatable bonds is 8. The molecule has 0 unspecified atom stereocenters. The lowest BCUT2D eigenvalue weighted by Crippen LogP contribution is -2.53. The first kappa shape index (κ1) is 23.0. The van der Waals surface area contributed by atoms with Crippen molar-refractivity contribution in [1.82, 2.24) is 4.90 Å². The second-order valence-corrected chi connectivity index (χ2v) is 8.29. The molecule has 0 N–H and O–H groups in total. The highest BCUT2D eigenvalue weighted by Crippen LogP contribution is 2.29. The first-order chi connectivity index (χ1) is 15.0. The summed E-state index contributed by atoms with van der Waals surface area (Å²) in [6.07, 6.45) is 1.47. The normalized spacial score (nSPS) is 20.1. The number of carbonyl (C=O) groups is 2. The monoisotopic (exact) mass is 422 g/mol. The molecule has 0 spiro atoms. The first-order valence-corrected chi connectivity index (χ1v) is 11.4. The maximum atomic E-state index is 12.8. The van der Waals surface area contributed by atoms with Gasteiger partial charge in [-0.3, -0.25) is 14.5 Å². The number of piperidine rings is 1. The molecule has 3 rings (SSSR count). The van der Waals surface area contributed by atoms with Crippen LogP contribution in [0.3, 0.4) is 0 Å². The van der Waals surface area contributed by atoms with E-state index in [0.717, 1.165) is 30.8 Å². The number of hydrogen-bond donors (Lipinski definition) is 0. The zero-order chi connectivity index (χ0) is 22.2. The molecule has 2 aromatic rings. The van der Waals surface area contributed by atoms with E-state index in [2.05, 4.69) is 11.8 Å². The predicted molar refractivity (Wildman–Crippen MR) is 124 cm³/mol. The standard InChI is InChI=1S/C26H34N2O3/c1-4-25(29)28(22-14-10-7-11-15-22)23-16-17-27(18-20(23)3)19-24(31-26(30)5-2)21-12-8-6-9-13-21/h6-15,20,23-24H,4-5,16-19H2,1-3H3/t20-,23-,24+/m1/s1. The molecule has 166 valence electrons. The Morgan fingerprint density at radius 1 is 1.03 bits per heavy atom. The second-order valence-electron chi connectivity index (χ2n) is 8.29. The molecule has 5 nitrogen and oxygen atoms in total. The highest BCUT2D eigenvalue weighted by Gasteiger charge is 2.34. The molecular formula is C26H34N2O3. The molecule has 5 heteroatoms. The van der Waals surface area contributed by atoms with Crippen LogP contribution in [0.4, 0.5) is 5.69 Å². The van der Waals surface area contributed by atoms with Gasteiger partial charge in [0.25, 0.3) is 0 Å². The number of nitrogens with zero attached hydrogens (tertiary/aromatic N) is 2. The van der Waals surface area contributed by atoms with Gasteiger partial charge in [-0.15, -0.1) is 0 Å². The summed E-state index contributed by atoms with van der Waals surface area (Å²) in [5.41, 5.74) is 1.99. The van der Waals surface area contributed by atoms with E-state index >= 15 is 0 Å². The minimum absolute atomic E-state index is 0.163. The Balaban J connectivity index is 1.71. The lowest BCUT2D eigenvalue weighted by Gasteiger charge is -2.43. The average molecular weight is 423 g/mol. The molecule has 0 bridgehead atoms. The lowest BCUT2D eigenvalue weighted by atomic mass is 9.91. The molecule has 1 fully saturated rings. The molecule has 0 aliphatic carbocycles. The SMILES string of the molecule is CCC(=O)O[C@@H](CN1CC[C@@H](N(C(=O)CC)c2ccccc2)[C@H](C)C1)c1ccccc1. The smallest absolute Gasteiger partial charge is 0.306 e. The summed E-state index contributed by atoms with van der Waals surface area (Å²) in [4.78, 5) is 29.2. The Kier molecular flexibility index (Phi) is 8.24. The predicted octanol–water partition coefficient (Wildman–Crippen LogP) is 4.83. The number of hydrogen-bond acceptors (Lipinski definition) is 4. The number of carbonyl (C=O) groups excluding carboxylic acids is 2. The van der Waals surface area contributed by atoms with Crippen molar-refractivity contribution in [2.75, 3.05) is 24.5 Å². The molecule has 1 heterocycles. The van der Waals surface area contributed by atoms with Crippen molar-refractivity contribution < 1.29 is 14.3 Å². The number of benzene rings is 2. The van der Waals surface area contributed by atoms with Crippen LogP contribution in [0.2, 0.25) is 0 Å². The molecule has 0 saturated carbocycles. The molecular weight excluding hydrogens is 388 g/mol.